The van der Waals surface area contributed by atoms with Gasteiger partial charge in [0.15, 0.2) is 0 Å². The number of hydrogen-bond donors (Lipinski definition) is 1. The van der Waals surface area contributed by atoms with Gasteiger partial charge in [-0.3, -0.25) is 0 Å². The summed E-state index contributed by atoms with van der Waals surface area (Å²) in [4.78, 5) is 0.252. The van der Waals surface area contributed by atoms with Crippen molar-refractivity contribution in [1.29, 1.82) is 0 Å². The molecule has 0 unspecified atom stereocenters. The zero-order valence-corrected chi connectivity index (χ0v) is 12.5. The second-order valence-electron chi connectivity index (χ2n) is 5.45. The zero-order chi connectivity index (χ0) is 14.2. The van der Waals surface area contributed by atoms with Gasteiger partial charge in [0.05, 0.1) is 6.54 Å². The van der Waals surface area contributed by atoms with E-state index in [0.717, 1.165) is 12.8 Å². The first-order valence-electron chi connectivity index (χ1n) is 6.67. The Morgan fingerprint density at radius 2 is 2.11 bits per heavy atom. The topological polar surface area (TPSA) is 76.5 Å². The first kappa shape index (κ1) is 14.6. The lowest BCUT2D eigenvalue weighted by Gasteiger charge is -2.25. The van der Waals surface area contributed by atoms with Gasteiger partial charge in [-0.1, -0.05) is 0 Å². The van der Waals surface area contributed by atoms with E-state index < -0.39 is 10.0 Å². The Morgan fingerprint density at radius 3 is 2.53 bits per heavy atom. The van der Waals surface area contributed by atoms with Gasteiger partial charge >= 0.3 is 0 Å². The highest BCUT2D eigenvalue weighted by Gasteiger charge is 2.35. The SMILES string of the molecule is Cc1oc(CN)cc1S(=O)(=O)N(CC1CC1)C(C)C. The zero-order valence-electron chi connectivity index (χ0n) is 11.7. The minimum Gasteiger partial charge on any atom is -0.464 e. The molecule has 1 aromatic heterocycles. The molecule has 0 bridgehead atoms. The van der Waals surface area contributed by atoms with Crippen LogP contribution < -0.4 is 5.73 Å². The molecule has 0 spiro atoms. The van der Waals surface area contributed by atoms with Crippen LogP contribution in [-0.4, -0.2) is 25.3 Å². The number of aryl methyl sites for hydroxylation is 1. The monoisotopic (exact) mass is 286 g/mol. The molecule has 0 aromatic carbocycles. The van der Waals surface area contributed by atoms with Crippen molar-refractivity contribution in [2.45, 2.75) is 51.1 Å². The molecule has 1 heterocycles. The second kappa shape index (κ2) is 5.26. The molecular weight excluding hydrogens is 264 g/mol. The predicted octanol–water partition coefficient (Wildman–Crippen LogP) is 1.86. The van der Waals surface area contributed by atoms with E-state index in [1.165, 1.54) is 0 Å². The van der Waals surface area contributed by atoms with Crippen LogP contribution in [0.4, 0.5) is 0 Å². The van der Waals surface area contributed by atoms with Crippen molar-refractivity contribution in [3.63, 3.8) is 0 Å². The molecule has 0 saturated heterocycles. The minimum atomic E-state index is -3.49. The summed E-state index contributed by atoms with van der Waals surface area (Å²) in [6.07, 6.45) is 2.24. The van der Waals surface area contributed by atoms with E-state index in [9.17, 15) is 8.42 Å². The van der Waals surface area contributed by atoms with Gasteiger partial charge in [0.25, 0.3) is 0 Å². The quantitative estimate of drug-likeness (QED) is 0.866. The third-order valence-corrected chi connectivity index (χ3v) is 5.57. The Kier molecular flexibility index (Phi) is 4.03. The first-order valence-corrected chi connectivity index (χ1v) is 8.11. The fraction of sp³-hybridized carbons (Fsp3) is 0.692. The lowest BCUT2D eigenvalue weighted by molar-refractivity contribution is 0.341. The summed E-state index contributed by atoms with van der Waals surface area (Å²) in [5, 5.41) is 0. The average molecular weight is 286 g/mol. The Balaban J connectivity index is 2.34. The lowest BCUT2D eigenvalue weighted by Crippen LogP contribution is -2.38. The normalized spacial score (nSPS) is 16.5. The van der Waals surface area contributed by atoms with Crippen LogP contribution in [0.5, 0.6) is 0 Å². The summed E-state index contributed by atoms with van der Waals surface area (Å²) in [6.45, 7) is 6.28. The number of hydrogen-bond acceptors (Lipinski definition) is 4. The Morgan fingerprint density at radius 1 is 1.47 bits per heavy atom. The number of sulfonamides is 1. The summed E-state index contributed by atoms with van der Waals surface area (Å²) in [5.41, 5.74) is 5.50. The molecule has 2 rings (SSSR count). The van der Waals surface area contributed by atoms with Crippen molar-refractivity contribution in [1.82, 2.24) is 4.31 Å². The van der Waals surface area contributed by atoms with Crippen molar-refractivity contribution in [3.8, 4) is 0 Å². The first-order chi connectivity index (χ1) is 8.86. The lowest BCUT2D eigenvalue weighted by atomic mass is 10.3. The molecule has 1 aliphatic rings. The van der Waals surface area contributed by atoms with Gasteiger partial charge in [-0.2, -0.15) is 4.31 Å². The highest BCUT2D eigenvalue weighted by atomic mass is 32.2. The standard InChI is InChI=1S/C13H22N2O3S/c1-9(2)15(8-11-4-5-11)19(16,17)13-6-12(7-14)18-10(13)3/h6,9,11H,4-5,7-8,14H2,1-3H3. The molecule has 0 atom stereocenters. The maximum absolute atomic E-state index is 12.7. The summed E-state index contributed by atoms with van der Waals surface area (Å²) in [7, 11) is -3.49. The smallest absolute Gasteiger partial charge is 0.246 e. The Bertz CT molecular complexity index is 544. The molecule has 2 N–H and O–H groups in total. The number of furan rings is 1. The number of nitrogens with zero attached hydrogens (tertiary/aromatic N) is 1. The van der Waals surface area contributed by atoms with E-state index in [0.29, 0.717) is 24.0 Å². The molecule has 0 amide bonds. The van der Waals surface area contributed by atoms with Gasteiger partial charge in [0, 0.05) is 18.7 Å². The fourth-order valence-corrected chi connectivity index (χ4v) is 4.05. The van der Waals surface area contributed by atoms with Crippen molar-refractivity contribution in [2.24, 2.45) is 11.7 Å². The summed E-state index contributed by atoms with van der Waals surface area (Å²) in [6, 6.07) is 1.49. The van der Waals surface area contributed by atoms with E-state index in [1.54, 1.807) is 17.3 Å². The maximum atomic E-state index is 12.7. The Hall–Kier alpha value is -0.850. The Labute approximate surface area is 114 Å². The van der Waals surface area contributed by atoms with Gasteiger partial charge in [-0.15, -0.1) is 0 Å². The molecule has 6 heteroatoms. The molecule has 1 fully saturated rings. The van der Waals surface area contributed by atoms with Crippen LogP contribution in [0.2, 0.25) is 0 Å². The molecule has 1 aromatic rings. The molecule has 0 aliphatic heterocycles. The van der Waals surface area contributed by atoms with Crippen LogP contribution in [-0.2, 0) is 16.6 Å². The van der Waals surface area contributed by atoms with Crippen LogP contribution in [0.1, 0.15) is 38.2 Å². The van der Waals surface area contributed by atoms with Gasteiger partial charge in [0.1, 0.15) is 16.4 Å². The second-order valence-corrected chi connectivity index (χ2v) is 7.31. The molecule has 1 saturated carbocycles. The summed E-state index contributed by atoms with van der Waals surface area (Å²) < 4.78 is 32.4. The maximum Gasteiger partial charge on any atom is 0.246 e. The van der Waals surface area contributed by atoms with Crippen LogP contribution in [0.3, 0.4) is 0 Å². The van der Waals surface area contributed by atoms with Crippen molar-refractivity contribution >= 4 is 10.0 Å². The molecular formula is C13H22N2O3S. The van der Waals surface area contributed by atoms with Crippen molar-refractivity contribution < 1.29 is 12.8 Å². The van der Waals surface area contributed by atoms with E-state index in [4.69, 9.17) is 10.2 Å². The highest BCUT2D eigenvalue weighted by molar-refractivity contribution is 7.89. The van der Waals surface area contributed by atoms with E-state index >= 15 is 0 Å². The fourth-order valence-electron chi connectivity index (χ4n) is 2.15. The van der Waals surface area contributed by atoms with Gasteiger partial charge in [-0.05, 0) is 39.5 Å². The summed E-state index contributed by atoms with van der Waals surface area (Å²) >= 11 is 0. The van der Waals surface area contributed by atoms with Crippen LogP contribution >= 0.6 is 0 Å². The van der Waals surface area contributed by atoms with E-state index in [1.807, 2.05) is 13.8 Å². The molecule has 19 heavy (non-hydrogen) atoms. The van der Waals surface area contributed by atoms with Gasteiger partial charge in [-0.25, -0.2) is 8.42 Å². The van der Waals surface area contributed by atoms with Crippen LogP contribution in [0, 0.1) is 12.8 Å². The molecule has 108 valence electrons. The summed E-state index contributed by atoms with van der Waals surface area (Å²) in [5.74, 6) is 1.44. The van der Waals surface area contributed by atoms with Crippen LogP contribution in [0.15, 0.2) is 15.4 Å². The average Bonchev–Trinajstić information content (AvgIpc) is 3.07. The van der Waals surface area contributed by atoms with E-state index in [-0.39, 0.29) is 17.5 Å². The third kappa shape index (κ3) is 3.01. The van der Waals surface area contributed by atoms with Crippen molar-refractivity contribution in [2.75, 3.05) is 6.54 Å². The van der Waals surface area contributed by atoms with Gasteiger partial charge in [0.2, 0.25) is 10.0 Å². The molecule has 0 radical (unpaired) electrons. The minimum absolute atomic E-state index is 0.0544. The molecule has 5 nitrogen and oxygen atoms in total. The van der Waals surface area contributed by atoms with Gasteiger partial charge < -0.3 is 10.2 Å². The largest absolute Gasteiger partial charge is 0.464 e. The van der Waals surface area contributed by atoms with E-state index in [2.05, 4.69) is 0 Å². The van der Waals surface area contributed by atoms with Crippen molar-refractivity contribution in [3.05, 3.63) is 17.6 Å². The van der Waals surface area contributed by atoms with Crippen LogP contribution in [0.25, 0.3) is 0 Å². The number of rotatable bonds is 6. The number of nitrogens with two attached hydrogens (primary N) is 1. The third-order valence-electron chi connectivity index (χ3n) is 3.42. The highest BCUT2D eigenvalue weighted by Crippen LogP contribution is 2.33. The molecule has 1 aliphatic carbocycles. The predicted molar refractivity (Wildman–Crippen MR) is 73.1 cm³/mol.